The van der Waals surface area contributed by atoms with Crippen LogP contribution in [0.5, 0.6) is 0 Å². The van der Waals surface area contributed by atoms with Crippen molar-refractivity contribution in [1.29, 1.82) is 5.26 Å². The first-order valence-corrected chi connectivity index (χ1v) is 11.5. The van der Waals surface area contributed by atoms with Crippen molar-refractivity contribution in [2.75, 3.05) is 42.9 Å². The molecule has 2 N–H and O–H groups in total. The average Bonchev–Trinajstić information content (AvgIpc) is 2.92. The fraction of sp³-hybridized carbons (Fsp3) is 0.478. The van der Waals surface area contributed by atoms with E-state index in [4.69, 9.17) is 0 Å². The number of nitrogens with zero attached hydrogens (tertiary/aromatic N) is 2. The van der Waals surface area contributed by atoms with Crippen LogP contribution in [-0.4, -0.2) is 38.6 Å². The van der Waals surface area contributed by atoms with Crippen LogP contribution in [0.1, 0.15) is 41.7 Å². The number of carbonyl (C=O) groups excluding carboxylic acids is 1. The zero-order valence-electron chi connectivity index (χ0n) is 16.9. The first-order valence-electron chi connectivity index (χ1n) is 10.7. The van der Waals surface area contributed by atoms with Gasteiger partial charge in [-0.05, 0) is 43.4 Å². The maximum absolute atomic E-state index is 12.6. The van der Waals surface area contributed by atoms with Gasteiger partial charge in [0.25, 0.3) is 0 Å². The number of benzene rings is 1. The normalized spacial score (nSPS) is 17.3. The van der Waals surface area contributed by atoms with Gasteiger partial charge in [0, 0.05) is 10.6 Å². The van der Waals surface area contributed by atoms with E-state index >= 15 is 0 Å². The lowest BCUT2D eigenvalue weighted by Crippen LogP contribution is -3.15. The molecule has 1 fully saturated rings. The lowest BCUT2D eigenvalue weighted by molar-refractivity contribution is -0.900. The smallest absolute Gasteiger partial charge is 0.230 e. The minimum absolute atomic E-state index is 0.0379. The second-order valence-electron chi connectivity index (χ2n) is 8.00. The lowest BCUT2D eigenvalue weighted by Gasteiger charge is -2.33. The van der Waals surface area contributed by atoms with Crippen LogP contribution in [0.15, 0.2) is 30.3 Å². The van der Waals surface area contributed by atoms with Crippen molar-refractivity contribution in [2.45, 2.75) is 38.5 Å². The molecule has 1 aromatic heterocycles. The predicted octanol–water partition coefficient (Wildman–Crippen LogP) is 2.62. The summed E-state index contributed by atoms with van der Waals surface area (Å²) in [6.07, 6.45) is 6.08. The van der Waals surface area contributed by atoms with Gasteiger partial charge in [-0.3, -0.25) is 4.79 Å². The monoisotopic (exact) mass is 409 g/mol. The third-order valence-electron chi connectivity index (χ3n) is 6.08. The number of quaternary nitrogens is 1. The van der Waals surface area contributed by atoms with Crippen LogP contribution in [0.3, 0.4) is 0 Å². The molecule has 5 nitrogen and oxygen atoms in total. The van der Waals surface area contributed by atoms with Crippen LogP contribution >= 0.6 is 11.3 Å². The van der Waals surface area contributed by atoms with Crippen molar-refractivity contribution in [3.05, 3.63) is 46.3 Å². The largest absolute Gasteiger partial charge is 0.360 e. The minimum Gasteiger partial charge on any atom is -0.360 e. The number of thiophene rings is 1. The Balaban J connectivity index is 1.27. The Morgan fingerprint density at radius 1 is 1.14 bits per heavy atom. The van der Waals surface area contributed by atoms with E-state index in [2.05, 4.69) is 40.6 Å². The van der Waals surface area contributed by atoms with Crippen molar-refractivity contribution in [1.82, 2.24) is 0 Å². The zero-order chi connectivity index (χ0) is 20.1. The van der Waals surface area contributed by atoms with Gasteiger partial charge >= 0.3 is 0 Å². The number of fused-ring (bicyclic) bond motifs is 1. The first kappa shape index (κ1) is 19.9. The van der Waals surface area contributed by atoms with E-state index in [1.165, 1.54) is 33.9 Å². The van der Waals surface area contributed by atoms with Crippen molar-refractivity contribution in [3.63, 3.8) is 0 Å². The van der Waals surface area contributed by atoms with Gasteiger partial charge in [-0.1, -0.05) is 24.6 Å². The van der Waals surface area contributed by atoms with Gasteiger partial charge in [-0.15, -0.1) is 11.3 Å². The molecule has 1 aliphatic carbocycles. The van der Waals surface area contributed by atoms with E-state index < -0.39 is 0 Å². The molecule has 2 heterocycles. The van der Waals surface area contributed by atoms with Crippen LogP contribution in [-0.2, 0) is 17.6 Å². The maximum Gasteiger partial charge on any atom is 0.230 e. The first-order chi connectivity index (χ1) is 14.2. The standard InChI is InChI=1S/C23H28N4OS/c24-17-20-19-9-5-2-6-10-21(19)29-23(20)25-22(28)11-12-26-13-15-27(16-14-26)18-7-3-1-4-8-18/h1,3-4,7-8H,2,5-6,9-16H2,(H,25,28)/p+1. The number of rotatable bonds is 5. The zero-order valence-corrected chi connectivity index (χ0v) is 17.7. The maximum atomic E-state index is 12.6. The highest BCUT2D eigenvalue weighted by Crippen LogP contribution is 2.36. The van der Waals surface area contributed by atoms with Crippen LogP contribution < -0.4 is 15.1 Å². The van der Waals surface area contributed by atoms with Crippen LogP contribution in [0, 0.1) is 11.3 Å². The Labute approximate surface area is 176 Å². The summed E-state index contributed by atoms with van der Waals surface area (Å²) in [6.45, 7) is 5.01. The molecule has 6 heteroatoms. The highest BCUT2D eigenvalue weighted by atomic mass is 32.1. The number of anilines is 2. The van der Waals surface area contributed by atoms with Gasteiger partial charge in [-0.25, -0.2) is 0 Å². The van der Waals surface area contributed by atoms with Gasteiger partial charge in [-0.2, -0.15) is 5.26 Å². The Hall–Kier alpha value is -2.36. The molecule has 0 unspecified atom stereocenters. The van der Waals surface area contributed by atoms with Crippen LogP contribution in [0.25, 0.3) is 0 Å². The number of aryl methyl sites for hydroxylation is 1. The second kappa shape index (κ2) is 9.43. The lowest BCUT2D eigenvalue weighted by atomic mass is 10.1. The van der Waals surface area contributed by atoms with Gasteiger partial charge in [0.05, 0.1) is 44.7 Å². The molecule has 0 atom stereocenters. The van der Waals surface area contributed by atoms with Crippen molar-refractivity contribution >= 4 is 27.9 Å². The molecular weight excluding hydrogens is 380 g/mol. The summed E-state index contributed by atoms with van der Waals surface area (Å²) >= 11 is 1.62. The van der Waals surface area contributed by atoms with Crippen molar-refractivity contribution in [3.8, 4) is 6.07 Å². The fourth-order valence-corrected chi connectivity index (χ4v) is 5.65. The third-order valence-corrected chi connectivity index (χ3v) is 7.29. The van der Waals surface area contributed by atoms with E-state index in [1.807, 2.05) is 6.07 Å². The van der Waals surface area contributed by atoms with E-state index in [0.29, 0.717) is 12.0 Å². The van der Waals surface area contributed by atoms with E-state index in [-0.39, 0.29) is 5.91 Å². The van der Waals surface area contributed by atoms with Gasteiger partial charge in [0.2, 0.25) is 5.91 Å². The number of piperazine rings is 1. The summed E-state index contributed by atoms with van der Waals surface area (Å²) < 4.78 is 0. The summed E-state index contributed by atoms with van der Waals surface area (Å²) in [5.41, 5.74) is 3.18. The van der Waals surface area contributed by atoms with Gasteiger partial charge in [0.1, 0.15) is 11.1 Å². The summed E-state index contributed by atoms with van der Waals surface area (Å²) in [4.78, 5) is 17.8. The molecule has 0 bridgehead atoms. The molecule has 1 amide bonds. The molecule has 29 heavy (non-hydrogen) atoms. The molecule has 0 radical (unpaired) electrons. The molecular formula is C23H29N4OS+. The predicted molar refractivity (Wildman–Crippen MR) is 118 cm³/mol. The Morgan fingerprint density at radius 2 is 1.90 bits per heavy atom. The molecule has 1 saturated heterocycles. The molecule has 2 aromatic rings. The quantitative estimate of drug-likeness (QED) is 0.747. The topological polar surface area (TPSA) is 60.6 Å². The Kier molecular flexibility index (Phi) is 6.48. The number of nitrogens with one attached hydrogen (secondary N) is 2. The molecule has 2 aliphatic rings. The number of amides is 1. The molecule has 0 saturated carbocycles. The summed E-state index contributed by atoms with van der Waals surface area (Å²) in [7, 11) is 0. The molecule has 0 spiro atoms. The Morgan fingerprint density at radius 3 is 2.66 bits per heavy atom. The van der Waals surface area contributed by atoms with Crippen LogP contribution in [0.4, 0.5) is 10.7 Å². The number of nitriles is 1. The number of hydrogen-bond acceptors (Lipinski definition) is 4. The number of para-hydroxylation sites is 1. The fourth-order valence-electron chi connectivity index (χ4n) is 4.40. The van der Waals surface area contributed by atoms with Gasteiger partial charge < -0.3 is 15.1 Å². The van der Waals surface area contributed by atoms with E-state index in [0.717, 1.165) is 57.0 Å². The molecule has 152 valence electrons. The number of carbonyl (C=O) groups is 1. The second-order valence-corrected chi connectivity index (χ2v) is 9.11. The molecule has 1 aliphatic heterocycles. The van der Waals surface area contributed by atoms with Crippen molar-refractivity contribution < 1.29 is 9.69 Å². The highest BCUT2D eigenvalue weighted by molar-refractivity contribution is 7.16. The average molecular weight is 410 g/mol. The minimum atomic E-state index is 0.0379. The highest BCUT2D eigenvalue weighted by Gasteiger charge is 2.23. The van der Waals surface area contributed by atoms with Crippen LogP contribution in [0.2, 0.25) is 0 Å². The van der Waals surface area contributed by atoms with Gasteiger partial charge in [0.15, 0.2) is 0 Å². The van der Waals surface area contributed by atoms with E-state index in [9.17, 15) is 10.1 Å². The summed E-state index contributed by atoms with van der Waals surface area (Å²) in [6, 6.07) is 12.9. The summed E-state index contributed by atoms with van der Waals surface area (Å²) in [5, 5.41) is 13.4. The molecule has 4 rings (SSSR count). The van der Waals surface area contributed by atoms with E-state index in [1.54, 1.807) is 11.3 Å². The van der Waals surface area contributed by atoms with Crippen molar-refractivity contribution in [2.24, 2.45) is 0 Å². The number of hydrogen-bond donors (Lipinski definition) is 2. The molecule has 1 aromatic carbocycles. The third kappa shape index (κ3) is 4.80. The Bertz CT molecular complexity index is 878. The summed E-state index contributed by atoms with van der Waals surface area (Å²) in [5.74, 6) is 0.0379. The SMILES string of the molecule is N#Cc1c(NC(=O)CC[NH+]2CCN(c3ccccc3)CC2)sc2c1CCCCC2.